The van der Waals surface area contributed by atoms with E-state index in [1.165, 1.54) is 32.0 Å². The highest BCUT2D eigenvalue weighted by Crippen LogP contribution is 2.31. The van der Waals surface area contributed by atoms with Crippen molar-refractivity contribution >= 4 is 11.8 Å². The summed E-state index contributed by atoms with van der Waals surface area (Å²) in [6, 6.07) is 13.4. The minimum absolute atomic E-state index is 0.926. The Morgan fingerprint density at radius 1 is 0.895 bits per heavy atom. The Hall–Kier alpha value is -1.25. The van der Waals surface area contributed by atoms with E-state index in [4.69, 9.17) is 0 Å². The summed E-state index contributed by atoms with van der Waals surface area (Å²) in [6.07, 6.45) is 0. The molecule has 0 bridgehead atoms. The quantitative estimate of drug-likeness (QED) is 0.879. The van der Waals surface area contributed by atoms with Crippen LogP contribution in [0.1, 0.15) is 22.3 Å². The molecule has 0 amide bonds. The van der Waals surface area contributed by atoms with Crippen molar-refractivity contribution in [3.05, 3.63) is 58.7 Å². The highest BCUT2D eigenvalue weighted by Gasteiger charge is 2.03. The van der Waals surface area contributed by atoms with Crippen molar-refractivity contribution in [3.8, 4) is 0 Å². The molecule has 0 unspecified atom stereocenters. The molecule has 0 radical (unpaired) electrons. The van der Waals surface area contributed by atoms with Gasteiger partial charge in [0.25, 0.3) is 0 Å². The third-order valence-electron chi connectivity index (χ3n) is 3.33. The average Bonchev–Trinajstić information content (AvgIpc) is 2.37. The van der Waals surface area contributed by atoms with Gasteiger partial charge in [0, 0.05) is 16.3 Å². The smallest absolute Gasteiger partial charge is 0.0202 e. The zero-order valence-corrected chi connectivity index (χ0v) is 12.9. The largest absolute Gasteiger partial charge is 0.316 e. The van der Waals surface area contributed by atoms with E-state index in [-0.39, 0.29) is 0 Å². The molecule has 1 nitrogen and oxygen atoms in total. The molecule has 100 valence electrons. The van der Waals surface area contributed by atoms with Gasteiger partial charge in [-0.1, -0.05) is 30.0 Å². The van der Waals surface area contributed by atoms with Crippen molar-refractivity contribution in [2.75, 3.05) is 7.05 Å². The van der Waals surface area contributed by atoms with Crippen molar-refractivity contribution in [2.45, 2.75) is 37.1 Å². The molecular weight excluding hydrogens is 250 g/mol. The minimum Gasteiger partial charge on any atom is -0.316 e. The second-order valence-corrected chi connectivity index (χ2v) is 6.09. The van der Waals surface area contributed by atoms with Crippen LogP contribution in [-0.4, -0.2) is 7.05 Å². The minimum atomic E-state index is 0.926. The molecule has 2 rings (SSSR count). The normalized spacial score (nSPS) is 10.7. The first kappa shape index (κ1) is 14.2. The van der Waals surface area contributed by atoms with Gasteiger partial charge in [-0.05, 0) is 68.3 Å². The van der Waals surface area contributed by atoms with Crippen LogP contribution in [0.2, 0.25) is 0 Å². The van der Waals surface area contributed by atoms with Crippen molar-refractivity contribution in [1.82, 2.24) is 5.32 Å². The van der Waals surface area contributed by atoms with E-state index in [0.717, 1.165) is 6.54 Å². The zero-order valence-electron chi connectivity index (χ0n) is 12.1. The van der Waals surface area contributed by atoms with Crippen molar-refractivity contribution in [1.29, 1.82) is 0 Å². The first-order valence-corrected chi connectivity index (χ1v) is 7.41. The van der Waals surface area contributed by atoms with E-state index in [0.29, 0.717) is 0 Å². The molecule has 0 saturated carbocycles. The number of nitrogens with one attached hydrogen (secondary N) is 1. The Morgan fingerprint density at radius 3 is 2.32 bits per heavy atom. The van der Waals surface area contributed by atoms with E-state index >= 15 is 0 Å². The molecule has 0 saturated heterocycles. The Bertz CT molecular complexity index is 575. The van der Waals surface area contributed by atoms with Gasteiger partial charge in [-0.2, -0.15) is 0 Å². The number of aryl methyl sites for hydroxylation is 3. The first-order valence-electron chi connectivity index (χ1n) is 6.59. The van der Waals surface area contributed by atoms with Crippen LogP contribution in [0.3, 0.4) is 0 Å². The molecule has 2 aromatic carbocycles. The molecule has 0 aliphatic heterocycles. The summed E-state index contributed by atoms with van der Waals surface area (Å²) in [5.41, 5.74) is 5.39. The summed E-state index contributed by atoms with van der Waals surface area (Å²) in [7, 11) is 1.98. The van der Waals surface area contributed by atoms with Gasteiger partial charge in [-0.25, -0.2) is 0 Å². The van der Waals surface area contributed by atoms with Crippen LogP contribution in [-0.2, 0) is 6.54 Å². The van der Waals surface area contributed by atoms with Crippen molar-refractivity contribution in [3.63, 3.8) is 0 Å². The van der Waals surface area contributed by atoms with Crippen LogP contribution >= 0.6 is 11.8 Å². The first-order chi connectivity index (χ1) is 9.10. The number of hydrogen-bond donors (Lipinski definition) is 1. The summed E-state index contributed by atoms with van der Waals surface area (Å²) < 4.78 is 0. The van der Waals surface area contributed by atoms with Gasteiger partial charge in [-0.3, -0.25) is 0 Å². The fourth-order valence-electron chi connectivity index (χ4n) is 2.04. The average molecular weight is 271 g/mol. The van der Waals surface area contributed by atoms with Crippen LogP contribution in [0, 0.1) is 20.8 Å². The van der Waals surface area contributed by atoms with Gasteiger partial charge in [0.2, 0.25) is 0 Å². The van der Waals surface area contributed by atoms with Gasteiger partial charge in [0.05, 0.1) is 0 Å². The van der Waals surface area contributed by atoms with Crippen LogP contribution in [0.5, 0.6) is 0 Å². The predicted molar refractivity (Wildman–Crippen MR) is 84.0 cm³/mol. The lowest BCUT2D eigenvalue weighted by Crippen LogP contribution is -2.05. The van der Waals surface area contributed by atoms with Crippen LogP contribution in [0.4, 0.5) is 0 Å². The van der Waals surface area contributed by atoms with Crippen molar-refractivity contribution < 1.29 is 0 Å². The maximum absolute atomic E-state index is 3.19. The summed E-state index contributed by atoms with van der Waals surface area (Å²) in [5.74, 6) is 0. The Kier molecular flexibility index (Phi) is 4.67. The molecule has 0 aliphatic rings. The molecule has 0 spiro atoms. The van der Waals surface area contributed by atoms with Crippen molar-refractivity contribution in [2.24, 2.45) is 0 Å². The fourth-order valence-corrected chi connectivity index (χ4v) is 3.03. The zero-order chi connectivity index (χ0) is 13.8. The molecule has 0 fully saturated rings. The van der Waals surface area contributed by atoms with Crippen LogP contribution in [0.15, 0.2) is 46.2 Å². The van der Waals surface area contributed by atoms with E-state index in [2.05, 4.69) is 62.5 Å². The molecule has 0 heterocycles. The number of hydrogen-bond acceptors (Lipinski definition) is 2. The van der Waals surface area contributed by atoms with E-state index in [1.807, 2.05) is 18.8 Å². The summed E-state index contributed by atoms with van der Waals surface area (Å²) in [4.78, 5) is 2.65. The Balaban J connectivity index is 2.20. The van der Waals surface area contributed by atoms with E-state index in [1.54, 1.807) is 0 Å². The second-order valence-electron chi connectivity index (χ2n) is 4.98. The topological polar surface area (TPSA) is 12.0 Å². The van der Waals surface area contributed by atoms with Gasteiger partial charge in [0.1, 0.15) is 0 Å². The molecular formula is C17H21NS. The van der Waals surface area contributed by atoms with E-state index < -0.39 is 0 Å². The highest BCUT2D eigenvalue weighted by molar-refractivity contribution is 7.99. The van der Waals surface area contributed by atoms with Crippen LogP contribution < -0.4 is 5.32 Å². The molecule has 1 N–H and O–H groups in total. The maximum atomic E-state index is 3.19. The Labute approximate surface area is 120 Å². The monoisotopic (exact) mass is 271 g/mol. The summed E-state index contributed by atoms with van der Waals surface area (Å²) in [5, 5.41) is 3.19. The molecule has 2 aromatic rings. The molecule has 0 aliphatic carbocycles. The van der Waals surface area contributed by atoms with E-state index in [9.17, 15) is 0 Å². The van der Waals surface area contributed by atoms with Gasteiger partial charge < -0.3 is 5.32 Å². The number of rotatable bonds is 4. The summed E-state index contributed by atoms with van der Waals surface area (Å²) >= 11 is 1.84. The lowest BCUT2D eigenvalue weighted by atomic mass is 10.1. The third-order valence-corrected chi connectivity index (χ3v) is 4.49. The second kappa shape index (κ2) is 6.27. The lowest BCUT2D eigenvalue weighted by Gasteiger charge is -2.09. The van der Waals surface area contributed by atoms with Gasteiger partial charge >= 0.3 is 0 Å². The standard InChI is InChI=1S/C17H21NS/c1-12-5-7-16(10-13(12)2)19-17-8-6-15(11-18-4)9-14(17)3/h5-10,18H,11H2,1-4H3. The molecule has 2 heteroatoms. The molecule has 19 heavy (non-hydrogen) atoms. The summed E-state index contributed by atoms with van der Waals surface area (Å²) in [6.45, 7) is 7.43. The predicted octanol–water partition coefficient (Wildman–Crippen LogP) is 4.48. The highest BCUT2D eigenvalue weighted by atomic mass is 32.2. The maximum Gasteiger partial charge on any atom is 0.0202 e. The van der Waals surface area contributed by atoms with Crippen LogP contribution in [0.25, 0.3) is 0 Å². The van der Waals surface area contributed by atoms with Gasteiger partial charge in [0.15, 0.2) is 0 Å². The van der Waals surface area contributed by atoms with Gasteiger partial charge in [-0.15, -0.1) is 0 Å². The lowest BCUT2D eigenvalue weighted by molar-refractivity contribution is 0.815. The fraction of sp³-hybridized carbons (Fsp3) is 0.294. The Morgan fingerprint density at radius 2 is 1.68 bits per heavy atom. The number of benzene rings is 2. The molecule has 0 aromatic heterocycles. The SMILES string of the molecule is CNCc1ccc(Sc2ccc(C)c(C)c2)c(C)c1. The third kappa shape index (κ3) is 3.62. The molecule has 0 atom stereocenters.